The largest absolute Gasteiger partial charge is 0.429 e. The molecule has 0 unspecified atom stereocenters. The van der Waals surface area contributed by atoms with Crippen LogP contribution in [-0.2, 0) is 6.11 Å². The zero-order chi connectivity index (χ0) is 20.0. The number of allylic oxidation sites excluding steroid dienone is 2. The van der Waals surface area contributed by atoms with E-state index in [1.165, 1.54) is 49.2 Å². The van der Waals surface area contributed by atoms with Crippen molar-refractivity contribution >= 4 is 0 Å². The Bertz CT molecular complexity index is 826. The SMILES string of the molecule is C/C=C\C[C@H]1CC[C@H](c2ccc(C(F)(F)Oc3ccc(C#N)cc3)cc2)CC1. The van der Waals surface area contributed by atoms with Crippen molar-refractivity contribution in [2.45, 2.75) is 51.1 Å². The maximum absolute atomic E-state index is 14.5. The topological polar surface area (TPSA) is 33.0 Å². The summed E-state index contributed by atoms with van der Waals surface area (Å²) in [6.07, 6.45) is 6.65. The lowest BCUT2D eigenvalue weighted by Gasteiger charge is -2.28. The van der Waals surface area contributed by atoms with Crippen LogP contribution in [0.25, 0.3) is 0 Å². The van der Waals surface area contributed by atoms with Crippen molar-refractivity contribution in [3.63, 3.8) is 0 Å². The van der Waals surface area contributed by atoms with Gasteiger partial charge < -0.3 is 4.74 Å². The lowest BCUT2D eigenvalue weighted by molar-refractivity contribution is -0.185. The zero-order valence-corrected chi connectivity index (χ0v) is 16.1. The minimum atomic E-state index is -3.42. The lowest BCUT2D eigenvalue weighted by atomic mass is 9.77. The number of ether oxygens (including phenoxy) is 1. The van der Waals surface area contributed by atoms with E-state index < -0.39 is 6.11 Å². The van der Waals surface area contributed by atoms with Crippen LogP contribution in [0.4, 0.5) is 8.78 Å². The predicted molar refractivity (Wildman–Crippen MR) is 106 cm³/mol. The Morgan fingerprint density at radius 3 is 2.25 bits per heavy atom. The van der Waals surface area contributed by atoms with Crippen LogP contribution >= 0.6 is 0 Å². The highest BCUT2D eigenvalue weighted by Crippen LogP contribution is 2.38. The Labute approximate surface area is 165 Å². The van der Waals surface area contributed by atoms with Crippen LogP contribution in [0, 0.1) is 17.2 Å². The summed E-state index contributed by atoms with van der Waals surface area (Å²) < 4.78 is 33.8. The van der Waals surface area contributed by atoms with E-state index >= 15 is 0 Å². The molecule has 0 atom stereocenters. The average molecular weight is 381 g/mol. The van der Waals surface area contributed by atoms with Crippen molar-refractivity contribution in [3.8, 4) is 11.8 Å². The molecule has 1 fully saturated rings. The Kier molecular flexibility index (Phi) is 6.46. The first-order valence-electron chi connectivity index (χ1n) is 9.80. The minimum Gasteiger partial charge on any atom is -0.429 e. The molecule has 0 aromatic heterocycles. The van der Waals surface area contributed by atoms with E-state index in [-0.39, 0.29) is 11.3 Å². The molecule has 146 valence electrons. The van der Waals surface area contributed by atoms with E-state index in [4.69, 9.17) is 10.00 Å². The highest BCUT2D eigenvalue weighted by Gasteiger charge is 2.34. The summed E-state index contributed by atoms with van der Waals surface area (Å²) in [4.78, 5) is 0. The van der Waals surface area contributed by atoms with Gasteiger partial charge in [0.05, 0.1) is 17.2 Å². The van der Waals surface area contributed by atoms with Gasteiger partial charge in [-0.2, -0.15) is 14.0 Å². The Balaban J connectivity index is 1.62. The molecule has 1 aliphatic carbocycles. The third kappa shape index (κ3) is 4.98. The normalized spacial score (nSPS) is 20.1. The number of alkyl halides is 2. The number of rotatable bonds is 6. The van der Waals surface area contributed by atoms with Crippen molar-refractivity contribution in [3.05, 3.63) is 77.4 Å². The number of hydrogen-bond donors (Lipinski definition) is 0. The first kappa shape index (κ1) is 20.1. The van der Waals surface area contributed by atoms with Crippen molar-refractivity contribution in [1.82, 2.24) is 0 Å². The molecule has 2 aromatic rings. The van der Waals surface area contributed by atoms with Gasteiger partial charge in [-0.3, -0.25) is 0 Å². The fraction of sp³-hybridized carbons (Fsp3) is 0.375. The molecular weight excluding hydrogens is 356 g/mol. The second-order valence-corrected chi connectivity index (χ2v) is 7.40. The number of nitriles is 1. The van der Waals surface area contributed by atoms with E-state index in [1.54, 1.807) is 0 Å². The second-order valence-electron chi connectivity index (χ2n) is 7.40. The van der Waals surface area contributed by atoms with Gasteiger partial charge in [0, 0.05) is 0 Å². The minimum absolute atomic E-state index is 0.0347. The van der Waals surface area contributed by atoms with Gasteiger partial charge in [-0.25, -0.2) is 0 Å². The van der Waals surface area contributed by atoms with Crippen LogP contribution in [0.15, 0.2) is 60.7 Å². The van der Waals surface area contributed by atoms with Gasteiger partial charge in [0.1, 0.15) is 5.75 Å². The monoisotopic (exact) mass is 381 g/mol. The van der Waals surface area contributed by atoms with Gasteiger partial charge in [-0.05, 0) is 92.8 Å². The average Bonchev–Trinajstić information content (AvgIpc) is 2.73. The standard InChI is InChI=1S/C24H25F2NO/c1-2-3-4-18-5-9-20(10-6-18)21-11-13-22(14-12-21)24(25,26)28-23-15-7-19(17-27)8-16-23/h2-3,7-8,11-16,18,20H,4-6,9-10H2,1H3/b3-2-/t18-,20-. The highest BCUT2D eigenvalue weighted by molar-refractivity contribution is 5.35. The summed E-state index contributed by atoms with van der Waals surface area (Å²) in [5, 5.41) is 8.78. The van der Waals surface area contributed by atoms with E-state index in [1.807, 2.05) is 25.1 Å². The molecular formula is C24H25F2NO. The molecule has 2 nitrogen and oxygen atoms in total. The molecule has 0 saturated heterocycles. The van der Waals surface area contributed by atoms with Crippen LogP contribution in [0.2, 0.25) is 0 Å². The molecule has 0 bridgehead atoms. The molecule has 1 saturated carbocycles. The van der Waals surface area contributed by atoms with Gasteiger partial charge in [0.15, 0.2) is 0 Å². The quantitative estimate of drug-likeness (QED) is 0.508. The Morgan fingerprint density at radius 2 is 1.68 bits per heavy atom. The zero-order valence-electron chi connectivity index (χ0n) is 16.1. The fourth-order valence-corrected chi connectivity index (χ4v) is 3.81. The molecule has 0 amide bonds. The summed E-state index contributed by atoms with van der Waals surface area (Å²) in [6, 6.07) is 14.2. The second kappa shape index (κ2) is 9.01. The number of halogens is 2. The Hall–Kier alpha value is -2.67. The van der Waals surface area contributed by atoms with Crippen LogP contribution < -0.4 is 4.74 Å². The molecule has 0 aliphatic heterocycles. The Morgan fingerprint density at radius 1 is 1.04 bits per heavy atom. The maximum Gasteiger partial charge on any atom is 0.426 e. The molecule has 1 aliphatic rings. The van der Waals surface area contributed by atoms with Gasteiger partial charge in [-0.15, -0.1) is 0 Å². The van der Waals surface area contributed by atoms with Gasteiger partial charge in [0.2, 0.25) is 0 Å². The lowest BCUT2D eigenvalue weighted by Crippen LogP contribution is -2.22. The fourth-order valence-electron chi connectivity index (χ4n) is 3.81. The van der Waals surface area contributed by atoms with Gasteiger partial charge >= 0.3 is 6.11 Å². The van der Waals surface area contributed by atoms with E-state index in [9.17, 15) is 8.78 Å². The van der Waals surface area contributed by atoms with Gasteiger partial charge in [-0.1, -0.05) is 24.3 Å². The highest BCUT2D eigenvalue weighted by atomic mass is 19.3. The van der Waals surface area contributed by atoms with Crippen molar-refractivity contribution in [2.75, 3.05) is 0 Å². The van der Waals surface area contributed by atoms with Crippen LogP contribution in [0.1, 0.15) is 61.6 Å². The smallest absolute Gasteiger partial charge is 0.426 e. The summed E-state index contributed by atoms with van der Waals surface area (Å²) in [7, 11) is 0. The van der Waals surface area contributed by atoms with Crippen molar-refractivity contribution < 1.29 is 13.5 Å². The van der Waals surface area contributed by atoms with Crippen molar-refractivity contribution in [2.24, 2.45) is 5.92 Å². The summed E-state index contributed by atoms with van der Waals surface area (Å²) in [5.74, 6) is 1.23. The molecule has 4 heteroatoms. The van der Waals surface area contributed by atoms with E-state index in [0.717, 1.165) is 30.7 Å². The first-order valence-corrected chi connectivity index (χ1v) is 9.80. The summed E-state index contributed by atoms with van der Waals surface area (Å²) >= 11 is 0. The van der Waals surface area contributed by atoms with Crippen LogP contribution in [0.5, 0.6) is 5.75 Å². The van der Waals surface area contributed by atoms with E-state index in [0.29, 0.717) is 11.5 Å². The molecule has 0 radical (unpaired) electrons. The first-order chi connectivity index (χ1) is 13.5. The maximum atomic E-state index is 14.5. The van der Waals surface area contributed by atoms with Crippen molar-refractivity contribution in [1.29, 1.82) is 5.26 Å². The molecule has 0 N–H and O–H groups in total. The summed E-state index contributed by atoms with van der Waals surface area (Å²) in [6.45, 7) is 2.05. The third-order valence-electron chi connectivity index (χ3n) is 5.50. The molecule has 28 heavy (non-hydrogen) atoms. The number of nitrogens with zero attached hydrogens (tertiary/aromatic N) is 1. The summed E-state index contributed by atoms with van der Waals surface area (Å²) in [5.41, 5.74) is 1.37. The molecule has 0 heterocycles. The van der Waals surface area contributed by atoms with Gasteiger partial charge in [0.25, 0.3) is 0 Å². The van der Waals surface area contributed by atoms with Crippen LogP contribution in [-0.4, -0.2) is 0 Å². The van der Waals surface area contributed by atoms with Crippen LogP contribution in [0.3, 0.4) is 0 Å². The predicted octanol–water partition coefficient (Wildman–Crippen LogP) is 6.93. The number of hydrogen-bond acceptors (Lipinski definition) is 2. The molecule has 2 aromatic carbocycles. The molecule has 3 rings (SSSR count). The van der Waals surface area contributed by atoms with E-state index in [2.05, 4.69) is 12.2 Å². The third-order valence-corrected chi connectivity index (χ3v) is 5.50. The number of benzene rings is 2. The molecule has 0 spiro atoms.